The molecule has 0 spiro atoms. The van der Waals surface area contributed by atoms with Gasteiger partial charge in [-0.1, -0.05) is 68.3 Å². The van der Waals surface area contributed by atoms with Crippen LogP contribution in [-0.4, -0.2) is 11.6 Å². The lowest BCUT2D eigenvalue weighted by molar-refractivity contribution is 0.116. The molecule has 0 saturated carbocycles. The van der Waals surface area contributed by atoms with Gasteiger partial charge in [0.1, 0.15) is 10.3 Å². The van der Waals surface area contributed by atoms with Crippen molar-refractivity contribution >= 4 is 23.2 Å². The number of pyridine rings is 1. The Morgan fingerprint density at radius 1 is 1.06 bits per heavy atom. The van der Waals surface area contributed by atoms with Crippen LogP contribution in [0.25, 0.3) is 0 Å². The predicted molar refractivity (Wildman–Crippen MR) is 77.3 cm³/mol. The smallest absolute Gasteiger partial charge is 0.136 e. The molecular formula is C14H21Cl2NO. The number of nitrogens with zero attached hydrogens (tertiary/aromatic N) is 1. The molecule has 0 fully saturated rings. The number of aromatic nitrogens is 1. The molecule has 0 atom stereocenters. The molecule has 2 nitrogen and oxygen atoms in total. The Balaban J connectivity index is 2.07. The van der Waals surface area contributed by atoms with Gasteiger partial charge in [0.2, 0.25) is 0 Å². The molecule has 1 rings (SSSR count). The van der Waals surface area contributed by atoms with E-state index in [4.69, 9.17) is 27.9 Å². The molecule has 0 saturated heterocycles. The van der Waals surface area contributed by atoms with E-state index in [0.717, 1.165) is 18.6 Å². The second kappa shape index (κ2) is 9.60. The van der Waals surface area contributed by atoms with Gasteiger partial charge in [0.15, 0.2) is 0 Å². The summed E-state index contributed by atoms with van der Waals surface area (Å²) in [4.78, 5) is 3.97. The van der Waals surface area contributed by atoms with Gasteiger partial charge in [-0.15, -0.1) is 0 Å². The van der Waals surface area contributed by atoms with Crippen molar-refractivity contribution in [2.24, 2.45) is 0 Å². The molecule has 1 aromatic rings. The van der Waals surface area contributed by atoms with E-state index in [2.05, 4.69) is 11.9 Å². The standard InChI is InChI=1S/C14H21Cl2NO/c1-2-3-4-5-6-7-10-18-11-12-8-9-13(15)17-14(12)16/h8-9H,2-7,10-11H2,1H3. The van der Waals surface area contributed by atoms with E-state index in [1.54, 1.807) is 6.07 Å². The summed E-state index contributed by atoms with van der Waals surface area (Å²) >= 11 is 11.7. The molecule has 0 unspecified atom stereocenters. The largest absolute Gasteiger partial charge is 0.377 e. The highest BCUT2D eigenvalue weighted by Crippen LogP contribution is 2.17. The predicted octanol–water partition coefficient (Wildman–Crippen LogP) is 5.27. The lowest BCUT2D eigenvalue weighted by Gasteiger charge is -2.06. The Morgan fingerprint density at radius 3 is 2.50 bits per heavy atom. The molecule has 0 bridgehead atoms. The molecule has 1 heterocycles. The highest BCUT2D eigenvalue weighted by atomic mass is 35.5. The van der Waals surface area contributed by atoms with Crippen LogP contribution >= 0.6 is 23.2 Å². The van der Waals surface area contributed by atoms with E-state index in [-0.39, 0.29) is 0 Å². The summed E-state index contributed by atoms with van der Waals surface area (Å²) in [7, 11) is 0. The fourth-order valence-corrected chi connectivity index (χ4v) is 2.11. The minimum atomic E-state index is 0.416. The zero-order valence-corrected chi connectivity index (χ0v) is 12.4. The first kappa shape index (κ1) is 15.7. The fourth-order valence-electron chi connectivity index (χ4n) is 1.72. The number of rotatable bonds is 9. The third-order valence-electron chi connectivity index (χ3n) is 2.79. The lowest BCUT2D eigenvalue weighted by Crippen LogP contribution is -1.97. The Morgan fingerprint density at radius 2 is 1.78 bits per heavy atom. The maximum absolute atomic E-state index is 5.95. The van der Waals surface area contributed by atoms with Gasteiger partial charge >= 0.3 is 0 Å². The quantitative estimate of drug-likeness (QED) is 0.457. The van der Waals surface area contributed by atoms with Crippen molar-refractivity contribution in [1.82, 2.24) is 4.98 Å². The maximum atomic E-state index is 5.95. The average Bonchev–Trinajstić information content (AvgIpc) is 2.35. The van der Waals surface area contributed by atoms with Crippen molar-refractivity contribution in [2.75, 3.05) is 6.61 Å². The molecule has 0 amide bonds. The molecular weight excluding hydrogens is 269 g/mol. The van der Waals surface area contributed by atoms with Gasteiger partial charge in [-0.05, 0) is 12.5 Å². The Kier molecular flexibility index (Phi) is 8.40. The number of unbranched alkanes of at least 4 members (excludes halogenated alkanes) is 5. The van der Waals surface area contributed by atoms with Crippen molar-refractivity contribution in [3.8, 4) is 0 Å². The van der Waals surface area contributed by atoms with Crippen molar-refractivity contribution in [1.29, 1.82) is 0 Å². The van der Waals surface area contributed by atoms with Crippen LogP contribution < -0.4 is 0 Å². The van der Waals surface area contributed by atoms with E-state index in [0.29, 0.717) is 16.9 Å². The molecule has 0 aliphatic carbocycles. The molecule has 0 aromatic carbocycles. The van der Waals surface area contributed by atoms with Gasteiger partial charge < -0.3 is 4.74 Å². The van der Waals surface area contributed by atoms with Gasteiger partial charge in [0.05, 0.1) is 6.61 Å². The minimum Gasteiger partial charge on any atom is -0.377 e. The Bertz CT molecular complexity index is 345. The molecule has 18 heavy (non-hydrogen) atoms. The summed E-state index contributed by atoms with van der Waals surface area (Å²) in [5.41, 5.74) is 0.895. The average molecular weight is 290 g/mol. The van der Waals surface area contributed by atoms with Crippen LogP contribution in [0.4, 0.5) is 0 Å². The molecule has 0 aliphatic rings. The van der Waals surface area contributed by atoms with Gasteiger partial charge in [0.25, 0.3) is 0 Å². The van der Waals surface area contributed by atoms with Crippen LogP contribution in [0.1, 0.15) is 51.0 Å². The van der Waals surface area contributed by atoms with Gasteiger partial charge in [-0.2, -0.15) is 0 Å². The minimum absolute atomic E-state index is 0.416. The Labute approximate surface area is 120 Å². The second-order valence-electron chi connectivity index (χ2n) is 4.40. The van der Waals surface area contributed by atoms with Crippen LogP contribution in [0, 0.1) is 0 Å². The Hall–Kier alpha value is -0.310. The van der Waals surface area contributed by atoms with Gasteiger partial charge in [-0.3, -0.25) is 0 Å². The molecule has 4 heteroatoms. The number of hydrogen-bond donors (Lipinski definition) is 0. The summed E-state index contributed by atoms with van der Waals surface area (Å²) in [5, 5.41) is 0.852. The molecule has 0 N–H and O–H groups in total. The van der Waals surface area contributed by atoms with Crippen molar-refractivity contribution < 1.29 is 4.74 Å². The monoisotopic (exact) mass is 289 g/mol. The van der Waals surface area contributed by atoms with E-state index in [9.17, 15) is 0 Å². The topological polar surface area (TPSA) is 22.1 Å². The van der Waals surface area contributed by atoms with Crippen LogP contribution in [0.15, 0.2) is 12.1 Å². The number of hydrogen-bond acceptors (Lipinski definition) is 2. The van der Waals surface area contributed by atoms with Crippen LogP contribution in [0.2, 0.25) is 10.3 Å². The number of halogens is 2. The first-order valence-electron chi connectivity index (χ1n) is 6.62. The lowest BCUT2D eigenvalue weighted by atomic mass is 10.1. The number of ether oxygens (including phenoxy) is 1. The third kappa shape index (κ3) is 6.58. The summed E-state index contributed by atoms with van der Waals surface area (Å²) in [5.74, 6) is 0. The highest BCUT2D eigenvalue weighted by Gasteiger charge is 2.02. The normalized spacial score (nSPS) is 10.8. The summed E-state index contributed by atoms with van der Waals surface area (Å²) in [6.45, 7) is 3.52. The van der Waals surface area contributed by atoms with E-state index >= 15 is 0 Å². The SMILES string of the molecule is CCCCCCCCOCc1ccc(Cl)nc1Cl. The van der Waals surface area contributed by atoms with Crippen molar-refractivity contribution in [2.45, 2.75) is 52.1 Å². The van der Waals surface area contributed by atoms with E-state index in [1.807, 2.05) is 6.07 Å². The third-order valence-corrected chi connectivity index (χ3v) is 3.33. The second-order valence-corrected chi connectivity index (χ2v) is 5.15. The van der Waals surface area contributed by atoms with Crippen molar-refractivity contribution in [3.63, 3.8) is 0 Å². The summed E-state index contributed by atoms with van der Waals surface area (Å²) in [6, 6.07) is 3.59. The van der Waals surface area contributed by atoms with Gasteiger partial charge in [0, 0.05) is 12.2 Å². The van der Waals surface area contributed by atoms with Crippen LogP contribution in [0.3, 0.4) is 0 Å². The van der Waals surface area contributed by atoms with E-state index in [1.165, 1.54) is 32.1 Å². The zero-order chi connectivity index (χ0) is 13.2. The van der Waals surface area contributed by atoms with Gasteiger partial charge in [-0.25, -0.2) is 4.98 Å². The van der Waals surface area contributed by atoms with Crippen LogP contribution in [-0.2, 0) is 11.3 Å². The molecule has 0 aliphatic heterocycles. The fraction of sp³-hybridized carbons (Fsp3) is 0.643. The van der Waals surface area contributed by atoms with Crippen LogP contribution in [0.5, 0.6) is 0 Å². The zero-order valence-electron chi connectivity index (χ0n) is 10.9. The summed E-state index contributed by atoms with van der Waals surface area (Å²) in [6.07, 6.45) is 7.63. The highest BCUT2D eigenvalue weighted by molar-refractivity contribution is 6.32. The van der Waals surface area contributed by atoms with E-state index < -0.39 is 0 Å². The molecule has 0 radical (unpaired) electrons. The first-order chi connectivity index (χ1) is 8.74. The summed E-state index contributed by atoms with van der Waals surface area (Å²) < 4.78 is 5.58. The maximum Gasteiger partial charge on any atom is 0.136 e. The molecule has 1 aromatic heterocycles. The van der Waals surface area contributed by atoms with Crippen molar-refractivity contribution in [3.05, 3.63) is 28.0 Å². The first-order valence-corrected chi connectivity index (χ1v) is 7.38. The molecule has 102 valence electrons.